The summed E-state index contributed by atoms with van der Waals surface area (Å²) in [5.41, 5.74) is 0.125. The largest absolute Gasteiger partial charge is 0.497 e. The molecule has 0 aliphatic carbocycles. The average Bonchev–Trinajstić information content (AvgIpc) is 2.95. The molecule has 1 aliphatic rings. The zero-order valence-electron chi connectivity index (χ0n) is 12.3. The van der Waals surface area contributed by atoms with Gasteiger partial charge in [-0.25, -0.2) is 4.39 Å². The predicted octanol–water partition coefficient (Wildman–Crippen LogP) is 1.79. The van der Waals surface area contributed by atoms with Gasteiger partial charge in [-0.2, -0.15) is 0 Å². The van der Waals surface area contributed by atoms with Crippen LogP contribution in [0.4, 0.5) is 10.1 Å². The van der Waals surface area contributed by atoms with Crippen LogP contribution in [0.15, 0.2) is 18.2 Å². The van der Waals surface area contributed by atoms with Gasteiger partial charge in [-0.15, -0.1) is 0 Å². The molecule has 116 valence electrons. The zero-order chi connectivity index (χ0) is 15.2. The van der Waals surface area contributed by atoms with E-state index in [-0.39, 0.29) is 23.6 Å². The van der Waals surface area contributed by atoms with E-state index in [4.69, 9.17) is 9.47 Å². The van der Waals surface area contributed by atoms with Crippen LogP contribution < -0.4 is 15.4 Å². The first kappa shape index (κ1) is 15.7. The van der Waals surface area contributed by atoms with E-state index in [1.165, 1.54) is 25.3 Å². The topological polar surface area (TPSA) is 59.6 Å². The monoisotopic (exact) mass is 296 g/mol. The van der Waals surface area contributed by atoms with Crippen LogP contribution in [-0.2, 0) is 9.53 Å². The Kier molecular flexibility index (Phi) is 5.52. The van der Waals surface area contributed by atoms with Crippen molar-refractivity contribution in [3.05, 3.63) is 24.0 Å². The molecule has 0 radical (unpaired) electrons. The van der Waals surface area contributed by atoms with Crippen molar-refractivity contribution in [3.8, 4) is 5.75 Å². The van der Waals surface area contributed by atoms with Gasteiger partial charge in [0.2, 0.25) is 5.91 Å². The molecule has 0 saturated carbocycles. The third kappa shape index (κ3) is 3.92. The van der Waals surface area contributed by atoms with Crippen LogP contribution in [0.2, 0.25) is 0 Å². The highest BCUT2D eigenvalue weighted by Crippen LogP contribution is 2.23. The summed E-state index contributed by atoms with van der Waals surface area (Å²) in [6.45, 7) is 3.73. The Morgan fingerprint density at radius 2 is 2.29 bits per heavy atom. The number of halogens is 1. The van der Waals surface area contributed by atoms with E-state index in [1.807, 2.05) is 0 Å². The van der Waals surface area contributed by atoms with Crippen LogP contribution in [-0.4, -0.2) is 38.8 Å². The first-order chi connectivity index (χ1) is 10.2. The number of benzene rings is 1. The van der Waals surface area contributed by atoms with Crippen molar-refractivity contribution in [1.82, 2.24) is 5.32 Å². The maximum atomic E-state index is 13.7. The molecule has 1 aromatic carbocycles. The zero-order valence-corrected chi connectivity index (χ0v) is 12.3. The van der Waals surface area contributed by atoms with Crippen LogP contribution in [0.5, 0.6) is 5.75 Å². The quantitative estimate of drug-likeness (QED) is 0.840. The second-order valence-electron chi connectivity index (χ2n) is 5.04. The van der Waals surface area contributed by atoms with Crippen molar-refractivity contribution in [3.63, 3.8) is 0 Å². The molecule has 1 aromatic rings. The van der Waals surface area contributed by atoms with Gasteiger partial charge in [0, 0.05) is 12.1 Å². The maximum absolute atomic E-state index is 13.7. The number of amides is 1. The second-order valence-corrected chi connectivity index (χ2v) is 5.04. The molecule has 1 amide bonds. The van der Waals surface area contributed by atoms with E-state index in [0.717, 1.165) is 13.0 Å². The molecule has 0 spiro atoms. The number of hydrogen-bond donors (Lipinski definition) is 2. The van der Waals surface area contributed by atoms with Gasteiger partial charge in [0.15, 0.2) is 0 Å². The van der Waals surface area contributed by atoms with E-state index in [9.17, 15) is 9.18 Å². The fourth-order valence-electron chi connectivity index (χ4n) is 2.30. The first-order valence-electron chi connectivity index (χ1n) is 7.11. The Bertz CT molecular complexity index is 496. The summed E-state index contributed by atoms with van der Waals surface area (Å²) in [5.74, 6) is -0.549. The van der Waals surface area contributed by atoms with Crippen LogP contribution in [0.1, 0.15) is 13.3 Å². The predicted molar refractivity (Wildman–Crippen MR) is 78.0 cm³/mol. The number of rotatable bonds is 6. The molecule has 2 rings (SSSR count). The van der Waals surface area contributed by atoms with Crippen molar-refractivity contribution >= 4 is 11.6 Å². The molecule has 1 fully saturated rings. The summed E-state index contributed by atoms with van der Waals surface area (Å²) in [6, 6.07) is 4.22. The number of carbonyl (C=O) groups is 1. The maximum Gasteiger partial charge on any atom is 0.231 e. The number of hydrogen-bond acceptors (Lipinski definition) is 4. The fraction of sp³-hybridized carbons (Fsp3) is 0.533. The van der Waals surface area contributed by atoms with Crippen molar-refractivity contribution in [2.75, 3.05) is 32.2 Å². The van der Waals surface area contributed by atoms with E-state index in [0.29, 0.717) is 19.0 Å². The second kappa shape index (κ2) is 7.38. The Morgan fingerprint density at radius 3 is 3.00 bits per heavy atom. The summed E-state index contributed by atoms with van der Waals surface area (Å²) in [7, 11) is 1.49. The third-order valence-electron chi connectivity index (χ3n) is 3.51. The normalized spacial score (nSPS) is 21.3. The summed E-state index contributed by atoms with van der Waals surface area (Å²) in [4.78, 5) is 12.3. The molecule has 6 heteroatoms. The summed E-state index contributed by atoms with van der Waals surface area (Å²) >= 11 is 0. The Hall–Kier alpha value is -1.66. The standard InChI is InChI=1S/C15H21FN2O3/c1-3-6-17-14-9-21-8-11(14)15(19)18-13-7-10(20-2)4-5-12(13)16/h4-5,7,11,14,17H,3,6,8-9H2,1-2H3,(H,18,19). The average molecular weight is 296 g/mol. The lowest BCUT2D eigenvalue weighted by Crippen LogP contribution is -2.41. The van der Waals surface area contributed by atoms with E-state index in [1.54, 1.807) is 0 Å². The van der Waals surface area contributed by atoms with E-state index in [2.05, 4.69) is 17.6 Å². The van der Waals surface area contributed by atoms with Gasteiger partial charge in [0.1, 0.15) is 11.6 Å². The Morgan fingerprint density at radius 1 is 1.48 bits per heavy atom. The van der Waals surface area contributed by atoms with Crippen molar-refractivity contribution in [2.45, 2.75) is 19.4 Å². The van der Waals surface area contributed by atoms with Gasteiger partial charge in [-0.05, 0) is 25.1 Å². The van der Waals surface area contributed by atoms with Gasteiger partial charge in [-0.1, -0.05) is 6.92 Å². The Labute approximate surface area is 123 Å². The molecular weight excluding hydrogens is 275 g/mol. The number of anilines is 1. The molecular formula is C15H21FN2O3. The molecule has 1 aliphatic heterocycles. The highest BCUT2D eigenvalue weighted by Gasteiger charge is 2.33. The summed E-state index contributed by atoms with van der Waals surface area (Å²) in [5, 5.41) is 5.90. The molecule has 2 N–H and O–H groups in total. The van der Waals surface area contributed by atoms with Gasteiger partial charge in [0.05, 0.1) is 31.9 Å². The van der Waals surface area contributed by atoms with Gasteiger partial charge in [0.25, 0.3) is 0 Å². The van der Waals surface area contributed by atoms with Crippen LogP contribution in [0.3, 0.4) is 0 Å². The number of nitrogens with one attached hydrogen (secondary N) is 2. The molecule has 21 heavy (non-hydrogen) atoms. The van der Waals surface area contributed by atoms with Crippen molar-refractivity contribution in [1.29, 1.82) is 0 Å². The third-order valence-corrected chi connectivity index (χ3v) is 3.51. The van der Waals surface area contributed by atoms with Crippen LogP contribution in [0, 0.1) is 11.7 Å². The highest BCUT2D eigenvalue weighted by atomic mass is 19.1. The smallest absolute Gasteiger partial charge is 0.231 e. The lowest BCUT2D eigenvalue weighted by Gasteiger charge is -2.18. The fourth-order valence-corrected chi connectivity index (χ4v) is 2.30. The molecule has 0 aromatic heterocycles. The summed E-state index contributed by atoms with van der Waals surface area (Å²) < 4.78 is 24.1. The first-order valence-corrected chi connectivity index (χ1v) is 7.11. The van der Waals surface area contributed by atoms with Crippen LogP contribution in [0.25, 0.3) is 0 Å². The number of carbonyl (C=O) groups excluding carboxylic acids is 1. The minimum absolute atomic E-state index is 0.0291. The molecule has 5 nitrogen and oxygen atoms in total. The lowest BCUT2D eigenvalue weighted by atomic mass is 10.0. The van der Waals surface area contributed by atoms with Gasteiger partial charge in [-0.3, -0.25) is 4.79 Å². The van der Waals surface area contributed by atoms with E-state index >= 15 is 0 Å². The minimum Gasteiger partial charge on any atom is -0.497 e. The lowest BCUT2D eigenvalue weighted by molar-refractivity contribution is -0.120. The Balaban J connectivity index is 2.03. The molecule has 0 bridgehead atoms. The molecule has 2 atom stereocenters. The van der Waals surface area contributed by atoms with E-state index < -0.39 is 5.82 Å². The van der Waals surface area contributed by atoms with Gasteiger partial charge >= 0.3 is 0 Å². The molecule has 1 saturated heterocycles. The van der Waals surface area contributed by atoms with Gasteiger partial charge < -0.3 is 20.1 Å². The molecule has 1 heterocycles. The minimum atomic E-state index is -0.485. The van der Waals surface area contributed by atoms with Crippen molar-refractivity contribution in [2.24, 2.45) is 5.92 Å². The SMILES string of the molecule is CCCNC1COCC1C(=O)Nc1cc(OC)ccc1F. The summed E-state index contributed by atoms with van der Waals surface area (Å²) in [6.07, 6.45) is 0.981. The van der Waals surface area contributed by atoms with Crippen molar-refractivity contribution < 1.29 is 18.7 Å². The molecule has 2 unspecified atom stereocenters. The number of ether oxygens (including phenoxy) is 2. The number of methoxy groups -OCH3 is 1. The highest BCUT2D eigenvalue weighted by molar-refractivity contribution is 5.93. The van der Waals surface area contributed by atoms with Crippen LogP contribution >= 0.6 is 0 Å².